The van der Waals surface area contributed by atoms with E-state index < -0.39 is 74.5 Å². The van der Waals surface area contributed by atoms with E-state index in [9.17, 15) is 57.5 Å². The van der Waals surface area contributed by atoms with Crippen LogP contribution in [0.4, 0.5) is 0 Å². The van der Waals surface area contributed by atoms with E-state index in [0.29, 0.717) is 38.0 Å². The molecule has 0 amide bonds. The Hall–Kier alpha value is -6.40. The zero-order valence-corrected chi connectivity index (χ0v) is 62.4. The minimum absolute atomic E-state index is 0. The van der Waals surface area contributed by atoms with Gasteiger partial charge in [0, 0.05) is 41.9 Å². The normalized spacial score (nSPS) is 33.5. The Bertz CT molecular complexity index is 3170. The smallest absolute Gasteiger partial charge is 0.350 e. The van der Waals surface area contributed by atoms with Crippen LogP contribution in [0.1, 0.15) is 302 Å². The molecule has 9 aliphatic heterocycles. The third kappa shape index (κ3) is 20.5. The van der Waals surface area contributed by atoms with Crippen molar-refractivity contribution in [3.05, 3.63) is 0 Å². The average molecular weight is 1580 g/mol. The zero-order valence-electron chi connectivity index (χ0n) is 62.4. The number of carbonyl (C=O) groups is 12. The van der Waals surface area contributed by atoms with Crippen molar-refractivity contribution in [1.29, 1.82) is 0 Å². The summed E-state index contributed by atoms with van der Waals surface area (Å²) in [6, 6.07) is 0. The maximum absolute atomic E-state index is 12.6. The standard InChI is InChI=1S/C18H26O6.C17H24O6.C14H20O4.C14H22O4.C13H18O5.10CH4/c1-6-17(2,3)15(20)24-18(4,5)16(21)23-12-9-7-10-11(8-9)14(19)22-13(10)12;1-4-17(2,3)16(20)21-6-5-12(18)22-13-9-7-10-11(8-9)15(19)23-14(10)13;1-4-14(2,3)13(16)18-11-8-5-7-6-9(8)12(15)17-10(7)11;1-5-13(2,3)12(16)17-10-8-9-6-7-14(10,4)18-11(9)15;1-4-13(2,3)12(15)18-9-7-5-6-8(16-7)10(9)17-11(6)14;;;;;;;;;;/h9-13H,6-8H2,1-5H3;9-11,13-14H,4-8H2,1-3H3;7-11H,4-6H2,1-3H3;9-10H,5-8H2,1-4H3;6-10H,4-5H2,1-3H3;10*1H4. The van der Waals surface area contributed by atoms with Crippen molar-refractivity contribution < 1.29 is 119 Å². The monoisotopic (exact) mass is 1580 g/mol. The highest BCUT2D eigenvalue weighted by Crippen LogP contribution is 2.58. The molecule has 111 heavy (non-hydrogen) atoms. The van der Waals surface area contributed by atoms with Gasteiger partial charge < -0.3 is 61.6 Å². The molecule has 0 aromatic rings. The third-order valence-corrected chi connectivity index (χ3v) is 25.7. The Kier molecular flexibility index (Phi) is 36.6. The summed E-state index contributed by atoms with van der Waals surface area (Å²) in [5, 5.41) is 0. The summed E-state index contributed by atoms with van der Waals surface area (Å²) in [5.41, 5.74) is -4.62. The van der Waals surface area contributed by atoms with Crippen LogP contribution in [0.5, 0.6) is 0 Å². The maximum Gasteiger partial charge on any atom is 0.350 e. The predicted octanol–water partition coefficient (Wildman–Crippen LogP) is 15.9. The number of hydrogen-bond acceptors (Lipinski definition) is 25. The van der Waals surface area contributed by atoms with Crippen molar-refractivity contribution >= 4 is 71.6 Å². The van der Waals surface area contributed by atoms with Crippen molar-refractivity contribution in [2.24, 2.45) is 92.2 Å². The van der Waals surface area contributed by atoms with Gasteiger partial charge in [0.25, 0.3) is 0 Å². The Labute approximate surface area is 666 Å². The molecule has 9 saturated heterocycles. The van der Waals surface area contributed by atoms with E-state index >= 15 is 0 Å². The molecule has 9 heterocycles. The summed E-state index contributed by atoms with van der Waals surface area (Å²) >= 11 is 0. The molecule has 7 saturated carbocycles. The molecule has 23 unspecified atom stereocenters. The summed E-state index contributed by atoms with van der Waals surface area (Å²) < 4.78 is 71.0. The Morgan fingerprint density at radius 3 is 1.23 bits per heavy atom. The molecule has 25 nitrogen and oxygen atoms in total. The van der Waals surface area contributed by atoms with E-state index in [4.69, 9.17) is 61.6 Å². The molecular weight excluding hydrogens is 1430 g/mol. The van der Waals surface area contributed by atoms with Gasteiger partial charge in [-0.25, -0.2) is 4.79 Å². The van der Waals surface area contributed by atoms with Crippen LogP contribution < -0.4 is 0 Å². The molecule has 0 N–H and O–H groups in total. The quantitative estimate of drug-likeness (QED) is 0.0807. The van der Waals surface area contributed by atoms with E-state index in [2.05, 4.69) is 0 Å². The van der Waals surface area contributed by atoms with Crippen LogP contribution in [0.2, 0.25) is 0 Å². The van der Waals surface area contributed by atoms with E-state index in [0.717, 1.165) is 64.2 Å². The van der Waals surface area contributed by atoms with Crippen molar-refractivity contribution in [3.63, 3.8) is 0 Å². The van der Waals surface area contributed by atoms with Crippen LogP contribution in [0.3, 0.4) is 0 Å². The number of hydrogen-bond donors (Lipinski definition) is 0. The van der Waals surface area contributed by atoms with Gasteiger partial charge in [-0.2, -0.15) is 0 Å². The lowest BCUT2D eigenvalue weighted by Crippen LogP contribution is -2.57. The highest BCUT2D eigenvalue weighted by Gasteiger charge is 2.68. The fourth-order valence-electron chi connectivity index (χ4n) is 16.5. The lowest BCUT2D eigenvalue weighted by molar-refractivity contribution is -0.221. The zero-order chi connectivity index (χ0) is 74.3. The minimum atomic E-state index is -1.37. The number of ether oxygens (including phenoxy) is 13. The highest BCUT2D eigenvalue weighted by atomic mass is 16.7. The van der Waals surface area contributed by atoms with Crippen LogP contribution in [0, 0.1) is 92.2 Å². The van der Waals surface area contributed by atoms with Crippen molar-refractivity contribution in [2.45, 2.75) is 380 Å². The van der Waals surface area contributed by atoms with Crippen molar-refractivity contribution in [3.8, 4) is 0 Å². The topological polar surface area (TPSA) is 325 Å². The van der Waals surface area contributed by atoms with Crippen LogP contribution >= 0.6 is 0 Å². The number of carbonyl (C=O) groups excluding carboxylic acids is 12. The Balaban J connectivity index is 0.00000134. The predicted molar refractivity (Wildman–Crippen MR) is 420 cm³/mol. The fourth-order valence-corrected chi connectivity index (χ4v) is 16.5. The fraction of sp³-hybridized carbons (Fsp3) is 0.860. The molecule has 0 radical (unpaired) electrons. The highest BCUT2D eigenvalue weighted by molar-refractivity contribution is 5.86. The summed E-state index contributed by atoms with van der Waals surface area (Å²) in [6.45, 7) is 33.1. The van der Waals surface area contributed by atoms with Gasteiger partial charge in [0.2, 0.25) is 5.60 Å². The first-order chi connectivity index (χ1) is 47.1. The second-order valence-corrected chi connectivity index (χ2v) is 34.7. The summed E-state index contributed by atoms with van der Waals surface area (Å²) in [4.78, 5) is 143. The summed E-state index contributed by atoms with van der Waals surface area (Å²) in [7, 11) is 0. The SMILES string of the molecule is C.C.C.C.C.C.C.C.C.C.CCC(C)(C)C(=O)OC(C)(C)C(=O)OC1C2CC3C(=O)OC1C3C2.CCC(C)(C)C(=O)OC1C2CC3C(=O)OC1C3O2.CCC(C)(C)C(=O)OC1C2CC3CC2C(=O)OC31.CCC(C)(C)C(=O)OC1CC2CCC1(C)OC2=O.CCC(C)(C)C(=O)OCCC(=O)OC1C2CC3C(=O)OC1C3C2. The molecule has 0 aromatic carbocycles. The first-order valence-corrected chi connectivity index (χ1v) is 37.2. The van der Waals surface area contributed by atoms with Gasteiger partial charge in [0.15, 0.2) is 12.2 Å². The lowest BCUT2D eigenvalue weighted by atomic mass is 9.74. The summed E-state index contributed by atoms with van der Waals surface area (Å²) in [6.07, 6.45) is 8.36. The molecule has 0 spiro atoms. The molecule has 16 aliphatic rings. The average Bonchev–Trinajstić information content (AvgIpc) is 1.59. The van der Waals surface area contributed by atoms with E-state index in [1.54, 1.807) is 13.8 Å². The van der Waals surface area contributed by atoms with Crippen molar-refractivity contribution in [1.82, 2.24) is 0 Å². The molecule has 16 fully saturated rings. The second-order valence-electron chi connectivity index (χ2n) is 34.7. The van der Waals surface area contributed by atoms with Gasteiger partial charge >= 0.3 is 71.6 Å². The third-order valence-electron chi connectivity index (χ3n) is 25.7. The Morgan fingerprint density at radius 1 is 0.387 bits per heavy atom. The molecule has 23 atom stereocenters. The number of esters is 12. The molecule has 7 aliphatic carbocycles. The van der Waals surface area contributed by atoms with Crippen LogP contribution in [0.25, 0.3) is 0 Å². The lowest BCUT2D eigenvalue weighted by Gasteiger charge is -2.48. The molecule has 12 bridgehead atoms. The van der Waals surface area contributed by atoms with Crippen molar-refractivity contribution in [2.75, 3.05) is 6.61 Å². The van der Waals surface area contributed by atoms with Gasteiger partial charge in [0.05, 0.1) is 69.2 Å². The number of fused-ring (bicyclic) bond motifs is 7. The largest absolute Gasteiger partial charge is 0.465 e. The maximum atomic E-state index is 12.6. The molecule has 644 valence electrons. The van der Waals surface area contributed by atoms with E-state index in [-0.39, 0.29) is 249 Å². The molecule has 25 heteroatoms. The van der Waals surface area contributed by atoms with Crippen LogP contribution in [0.15, 0.2) is 0 Å². The second kappa shape index (κ2) is 38.8. The first kappa shape index (κ1) is 105. The first-order valence-electron chi connectivity index (χ1n) is 37.2. The molecular formula is C86H150O25. The van der Waals surface area contributed by atoms with Gasteiger partial charge in [-0.1, -0.05) is 109 Å². The Morgan fingerprint density at radius 2 is 0.775 bits per heavy atom. The summed E-state index contributed by atoms with van der Waals surface area (Å²) in [5.74, 6) is -1.91. The number of rotatable bonds is 20. The van der Waals surface area contributed by atoms with E-state index in [1.165, 1.54) is 13.8 Å². The molecule has 0 aromatic heterocycles. The van der Waals surface area contributed by atoms with Gasteiger partial charge in [-0.15, -0.1) is 0 Å². The van der Waals surface area contributed by atoms with Gasteiger partial charge in [-0.05, 0) is 180 Å². The van der Waals surface area contributed by atoms with Crippen LogP contribution in [-0.4, -0.2) is 157 Å². The van der Waals surface area contributed by atoms with Gasteiger partial charge in [-0.3, -0.25) is 52.7 Å². The van der Waals surface area contributed by atoms with Crippen LogP contribution in [-0.2, 0) is 119 Å². The van der Waals surface area contributed by atoms with E-state index in [1.807, 2.05) is 96.9 Å². The minimum Gasteiger partial charge on any atom is -0.465 e. The molecule has 16 rings (SSSR count). The van der Waals surface area contributed by atoms with Gasteiger partial charge in [0.1, 0.15) is 61.0 Å².